The highest BCUT2D eigenvalue weighted by Gasteiger charge is 2.30. The summed E-state index contributed by atoms with van der Waals surface area (Å²) in [5, 5.41) is 14.0. The average Bonchev–Trinajstić information content (AvgIpc) is 2.70. The molecule has 9 nitrogen and oxygen atoms in total. The molecule has 0 unspecified atom stereocenters. The number of ether oxygens (including phenoxy) is 2. The van der Waals surface area contributed by atoms with Crippen molar-refractivity contribution in [2.75, 3.05) is 7.11 Å². The summed E-state index contributed by atoms with van der Waals surface area (Å²) in [6, 6.07) is 3.14. The van der Waals surface area contributed by atoms with E-state index in [0.717, 1.165) is 44.6 Å². The predicted octanol–water partition coefficient (Wildman–Crippen LogP) is 2.87. The largest absolute Gasteiger partial charge is 0.465 e. The maximum atomic E-state index is 12.5. The third-order valence-electron chi connectivity index (χ3n) is 5.47. The second-order valence-electron chi connectivity index (χ2n) is 7.45. The second kappa shape index (κ2) is 9.49. The van der Waals surface area contributed by atoms with Gasteiger partial charge in [-0.1, -0.05) is 26.7 Å². The van der Waals surface area contributed by atoms with Crippen molar-refractivity contribution in [2.45, 2.75) is 52.2 Å². The molecule has 1 fully saturated rings. The third kappa shape index (κ3) is 5.52. The van der Waals surface area contributed by atoms with Crippen LogP contribution in [-0.2, 0) is 14.3 Å². The van der Waals surface area contributed by atoms with Crippen LogP contribution in [-0.4, -0.2) is 42.0 Å². The van der Waals surface area contributed by atoms with Gasteiger partial charge in [-0.05, 0) is 31.2 Å². The molecule has 29 heavy (non-hydrogen) atoms. The lowest BCUT2D eigenvalue weighted by Gasteiger charge is -2.35. The van der Waals surface area contributed by atoms with Crippen molar-refractivity contribution in [3.8, 4) is 0 Å². The standard InChI is InChI=1S/C20H26N2O7/c1-11-6-5-7-17(12(11)2)21-18(23)13(3)29-20(25)15-8-14(19(24)28-4)9-16(10-15)22(26)27/h8-13,17H,5-7H2,1-4H3,(H,21,23)/t11-,12+,13+,17+/m0/s1. The topological polar surface area (TPSA) is 125 Å². The SMILES string of the molecule is COC(=O)c1cc(C(=O)O[C@H](C)C(=O)N[C@@H]2CCC[C@H](C)[C@H]2C)cc([N+](=O)[O-])c1. The fraction of sp³-hybridized carbons (Fsp3) is 0.550. The summed E-state index contributed by atoms with van der Waals surface area (Å²) in [5.41, 5.74) is -0.823. The van der Waals surface area contributed by atoms with Crippen molar-refractivity contribution < 1.29 is 28.8 Å². The van der Waals surface area contributed by atoms with Gasteiger partial charge in [0.1, 0.15) is 0 Å². The number of carbonyl (C=O) groups is 3. The molecule has 0 bridgehead atoms. The summed E-state index contributed by atoms with van der Waals surface area (Å²) in [5.74, 6) is -1.38. The smallest absolute Gasteiger partial charge is 0.339 e. The minimum absolute atomic E-state index is 0.0103. The summed E-state index contributed by atoms with van der Waals surface area (Å²) in [7, 11) is 1.12. The number of non-ortho nitro benzene ring substituents is 1. The van der Waals surface area contributed by atoms with Gasteiger partial charge in [0, 0.05) is 18.2 Å². The number of nitrogens with one attached hydrogen (secondary N) is 1. The third-order valence-corrected chi connectivity index (χ3v) is 5.47. The van der Waals surface area contributed by atoms with Gasteiger partial charge in [-0.15, -0.1) is 0 Å². The molecule has 1 saturated carbocycles. The van der Waals surface area contributed by atoms with Gasteiger partial charge in [0.2, 0.25) is 0 Å². The molecular weight excluding hydrogens is 380 g/mol. The number of rotatable bonds is 6. The van der Waals surface area contributed by atoms with Crippen LogP contribution in [0.2, 0.25) is 0 Å². The molecule has 0 saturated heterocycles. The van der Waals surface area contributed by atoms with Crippen LogP contribution >= 0.6 is 0 Å². The lowest BCUT2D eigenvalue weighted by Crippen LogP contribution is -2.47. The van der Waals surface area contributed by atoms with Crippen molar-refractivity contribution in [3.05, 3.63) is 39.4 Å². The number of esters is 2. The minimum atomic E-state index is -1.09. The molecule has 1 aliphatic rings. The highest BCUT2D eigenvalue weighted by atomic mass is 16.6. The molecule has 1 N–H and O–H groups in total. The molecular formula is C20H26N2O7. The Balaban J connectivity index is 2.10. The van der Waals surface area contributed by atoms with Gasteiger partial charge in [0.05, 0.1) is 23.2 Å². The highest BCUT2D eigenvalue weighted by molar-refractivity contribution is 5.97. The summed E-state index contributed by atoms with van der Waals surface area (Å²) in [6.07, 6.45) is 1.92. The summed E-state index contributed by atoms with van der Waals surface area (Å²) in [6.45, 7) is 5.67. The lowest BCUT2D eigenvalue weighted by molar-refractivity contribution is -0.384. The van der Waals surface area contributed by atoms with E-state index >= 15 is 0 Å². The Kier molecular flexibility index (Phi) is 7.30. The van der Waals surface area contributed by atoms with Crippen molar-refractivity contribution >= 4 is 23.5 Å². The van der Waals surface area contributed by atoms with Crippen LogP contribution < -0.4 is 5.32 Å². The number of nitro benzene ring substituents is 1. The maximum absolute atomic E-state index is 12.5. The van der Waals surface area contributed by atoms with Crippen LogP contribution in [0.15, 0.2) is 18.2 Å². The van der Waals surface area contributed by atoms with Crippen molar-refractivity contribution in [1.82, 2.24) is 5.32 Å². The van der Waals surface area contributed by atoms with E-state index in [0.29, 0.717) is 11.8 Å². The quantitative estimate of drug-likeness (QED) is 0.437. The van der Waals surface area contributed by atoms with E-state index in [1.807, 2.05) is 0 Å². The van der Waals surface area contributed by atoms with E-state index in [-0.39, 0.29) is 17.2 Å². The van der Waals surface area contributed by atoms with E-state index in [1.54, 1.807) is 0 Å². The Hall–Kier alpha value is -2.97. The van der Waals surface area contributed by atoms with E-state index in [2.05, 4.69) is 23.9 Å². The number of hydrogen-bond donors (Lipinski definition) is 1. The number of hydrogen-bond acceptors (Lipinski definition) is 7. The zero-order valence-corrected chi connectivity index (χ0v) is 17.0. The predicted molar refractivity (Wildman–Crippen MR) is 103 cm³/mol. The zero-order valence-electron chi connectivity index (χ0n) is 17.0. The second-order valence-corrected chi connectivity index (χ2v) is 7.45. The van der Waals surface area contributed by atoms with Crippen molar-refractivity contribution in [2.24, 2.45) is 11.8 Å². The van der Waals surface area contributed by atoms with Gasteiger partial charge in [0.15, 0.2) is 6.10 Å². The molecule has 0 spiro atoms. The molecule has 2 rings (SSSR count). The Morgan fingerprint density at radius 3 is 2.34 bits per heavy atom. The van der Waals surface area contributed by atoms with Crippen molar-refractivity contribution in [3.63, 3.8) is 0 Å². The Morgan fingerprint density at radius 2 is 1.76 bits per heavy atom. The molecule has 9 heteroatoms. The van der Waals surface area contributed by atoms with Gasteiger partial charge >= 0.3 is 11.9 Å². The fourth-order valence-corrected chi connectivity index (χ4v) is 3.44. The van der Waals surface area contributed by atoms with Gasteiger partial charge in [-0.3, -0.25) is 14.9 Å². The van der Waals surface area contributed by atoms with E-state index in [4.69, 9.17) is 4.74 Å². The summed E-state index contributed by atoms with van der Waals surface area (Å²) in [4.78, 5) is 47.0. The van der Waals surface area contributed by atoms with Gasteiger partial charge in [0.25, 0.3) is 11.6 Å². The molecule has 1 amide bonds. The van der Waals surface area contributed by atoms with Gasteiger partial charge in [-0.2, -0.15) is 0 Å². The maximum Gasteiger partial charge on any atom is 0.339 e. The molecule has 0 aliphatic heterocycles. The number of amides is 1. The molecule has 1 aliphatic carbocycles. The molecule has 0 aromatic heterocycles. The number of carbonyl (C=O) groups excluding carboxylic acids is 3. The minimum Gasteiger partial charge on any atom is -0.465 e. The normalized spacial score (nSPS) is 22.3. The van der Waals surface area contributed by atoms with E-state index in [1.165, 1.54) is 6.92 Å². The van der Waals surface area contributed by atoms with Crippen LogP contribution in [0.5, 0.6) is 0 Å². The molecule has 1 aromatic carbocycles. The first-order valence-electron chi connectivity index (χ1n) is 9.53. The highest BCUT2D eigenvalue weighted by Crippen LogP contribution is 2.29. The molecule has 0 radical (unpaired) electrons. The number of methoxy groups -OCH3 is 1. The zero-order chi connectivity index (χ0) is 21.7. The first-order chi connectivity index (χ1) is 13.6. The summed E-state index contributed by atoms with van der Waals surface area (Å²) >= 11 is 0. The Bertz CT molecular complexity index is 808. The number of nitrogens with zero attached hydrogens (tertiary/aromatic N) is 1. The number of nitro groups is 1. The average molecular weight is 406 g/mol. The lowest BCUT2D eigenvalue weighted by atomic mass is 9.78. The fourth-order valence-electron chi connectivity index (χ4n) is 3.44. The van der Waals surface area contributed by atoms with Crippen LogP contribution in [0, 0.1) is 22.0 Å². The molecule has 158 valence electrons. The van der Waals surface area contributed by atoms with Crippen LogP contribution in [0.3, 0.4) is 0 Å². The van der Waals surface area contributed by atoms with Crippen LogP contribution in [0.1, 0.15) is 60.7 Å². The van der Waals surface area contributed by atoms with E-state index < -0.39 is 34.6 Å². The Labute approximate surface area is 168 Å². The van der Waals surface area contributed by atoms with Crippen LogP contribution in [0.25, 0.3) is 0 Å². The summed E-state index contributed by atoms with van der Waals surface area (Å²) < 4.78 is 9.73. The van der Waals surface area contributed by atoms with Gasteiger partial charge in [-0.25, -0.2) is 9.59 Å². The monoisotopic (exact) mass is 406 g/mol. The van der Waals surface area contributed by atoms with Gasteiger partial charge < -0.3 is 14.8 Å². The van der Waals surface area contributed by atoms with E-state index in [9.17, 15) is 24.5 Å². The Morgan fingerprint density at radius 1 is 1.14 bits per heavy atom. The number of benzene rings is 1. The van der Waals surface area contributed by atoms with Crippen LogP contribution in [0.4, 0.5) is 5.69 Å². The molecule has 4 atom stereocenters. The first kappa shape index (κ1) is 22.3. The first-order valence-corrected chi connectivity index (χ1v) is 9.53. The molecule has 0 heterocycles. The molecule has 1 aromatic rings. The van der Waals surface area contributed by atoms with Crippen molar-refractivity contribution in [1.29, 1.82) is 0 Å².